The van der Waals surface area contributed by atoms with Crippen LogP contribution in [-0.4, -0.2) is 19.7 Å². The third-order valence-corrected chi connectivity index (χ3v) is 7.14. The highest BCUT2D eigenvalue weighted by molar-refractivity contribution is 7.84. The standard InChI is InChI=1S/C26H29F7N2OS/c1-23(2,3)14-35-13-19(22(26(31,32)33)34-37(36)24(4,5)6)18-9-7-15(11-21(18)35)17-10-8-16(27)12-20(17)25(28,29)30/h7-13,22,34H,14H2,1-6H3/t22-,37?/m0/s1. The Hall–Kier alpha value is -2.40. The fraction of sp³-hybridized carbons (Fsp3) is 0.462. The number of nitrogens with one attached hydrogen (secondary N) is 1. The summed E-state index contributed by atoms with van der Waals surface area (Å²) in [6.45, 7) is 10.5. The number of rotatable bonds is 5. The lowest BCUT2D eigenvalue weighted by Gasteiger charge is -2.26. The van der Waals surface area contributed by atoms with Crippen molar-refractivity contribution in [2.75, 3.05) is 0 Å². The molecule has 1 unspecified atom stereocenters. The Labute approximate surface area is 213 Å². The number of halogens is 7. The number of benzene rings is 2. The van der Waals surface area contributed by atoms with Crippen LogP contribution in [0.5, 0.6) is 0 Å². The van der Waals surface area contributed by atoms with Crippen LogP contribution in [0.2, 0.25) is 0 Å². The molecule has 0 spiro atoms. The van der Waals surface area contributed by atoms with Gasteiger partial charge in [0.2, 0.25) is 0 Å². The van der Waals surface area contributed by atoms with Crippen LogP contribution in [0.15, 0.2) is 42.6 Å². The predicted octanol–water partition coefficient (Wildman–Crippen LogP) is 8.17. The molecule has 0 aliphatic heterocycles. The molecule has 0 saturated heterocycles. The molecule has 3 aromatic rings. The Bertz CT molecular complexity index is 1310. The third kappa shape index (κ3) is 6.73. The number of fused-ring (bicyclic) bond motifs is 1. The van der Waals surface area contributed by atoms with E-state index in [4.69, 9.17) is 0 Å². The molecule has 0 fully saturated rings. The number of alkyl halides is 6. The van der Waals surface area contributed by atoms with E-state index in [9.17, 15) is 34.9 Å². The fourth-order valence-corrected chi connectivity index (χ4v) is 4.78. The lowest BCUT2D eigenvalue weighted by molar-refractivity contribution is -0.152. The molecule has 1 N–H and O–H groups in total. The predicted molar refractivity (Wildman–Crippen MR) is 132 cm³/mol. The molecule has 2 atom stereocenters. The lowest BCUT2D eigenvalue weighted by atomic mass is 9.96. The monoisotopic (exact) mass is 550 g/mol. The summed E-state index contributed by atoms with van der Waals surface area (Å²) in [5, 5.41) is 0.157. The average molecular weight is 551 g/mol. The summed E-state index contributed by atoms with van der Waals surface area (Å²) in [5.41, 5.74) is -1.70. The second kappa shape index (κ2) is 9.72. The van der Waals surface area contributed by atoms with Gasteiger partial charge < -0.3 is 4.57 Å². The zero-order valence-corrected chi connectivity index (χ0v) is 22.1. The molecular weight excluding hydrogens is 521 g/mol. The zero-order valence-electron chi connectivity index (χ0n) is 21.2. The maximum Gasteiger partial charge on any atom is 0.417 e. The first-order chi connectivity index (χ1) is 16.7. The number of hydrogen-bond acceptors (Lipinski definition) is 1. The van der Waals surface area contributed by atoms with Gasteiger partial charge in [-0.3, -0.25) is 0 Å². The van der Waals surface area contributed by atoms with E-state index in [1.807, 2.05) is 20.8 Å². The summed E-state index contributed by atoms with van der Waals surface area (Å²) >= 11 is 0. The van der Waals surface area contributed by atoms with Crippen LogP contribution in [-0.2, 0) is 23.7 Å². The van der Waals surface area contributed by atoms with Crippen LogP contribution in [0.25, 0.3) is 22.0 Å². The summed E-state index contributed by atoms with van der Waals surface area (Å²) in [6, 6.07) is 4.00. The van der Waals surface area contributed by atoms with E-state index in [2.05, 4.69) is 4.72 Å². The second-order valence-electron chi connectivity index (χ2n) is 11.2. The Balaban J connectivity index is 2.28. The zero-order chi connectivity index (χ0) is 28.1. The number of hydrogen-bond donors (Lipinski definition) is 1. The van der Waals surface area contributed by atoms with Gasteiger partial charge in [0.05, 0.1) is 21.3 Å². The second-order valence-corrected chi connectivity index (χ2v) is 13.2. The summed E-state index contributed by atoms with van der Waals surface area (Å²) < 4.78 is 113. The van der Waals surface area contributed by atoms with Crippen molar-refractivity contribution in [2.24, 2.45) is 5.41 Å². The molecule has 0 amide bonds. The van der Waals surface area contributed by atoms with Crippen LogP contribution in [0.1, 0.15) is 58.7 Å². The van der Waals surface area contributed by atoms with E-state index in [1.165, 1.54) is 24.4 Å². The van der Waals surface area contributed by atoms with Gasteiger partial charge in [-0.2, -0.15) is 26.3 Å². The molecule has 2 aromatic carbocycles. The van der Waals surface area contributed by atoms with Gasteiger partial charge in [0, 0.05) is 29.2 Å². The van der Waals surface area contributed by atoms with Crippen LogP contribution in [0.4, 0.5) is 30.7 Å². The summed E-state index contributed by atoms with van der Waals surface area (Å²) in [4.78, 5) is 0. The molecule has 3 nitrogen and oxygen atoms in total. The topological polar surface area (TPSA) is 34.0 Å². The molecule has 11 heteroatoms. The number of nitrogens with zero attached hydrogens (tertiary/aromatic N) is 1. The van der Waals surface area contributed by atoms with Crippen molar-refractivity contribution in [3.8, 4) is 11.1 Å². The van der Waals surface area contributed by atoms with Crippen LogP contribution >= 0.6 is 0 Å². The average Bonchev–Trinajstić information content (AvgIpc) is 3.05. The molecule has 1 aromatic heterocycles. The molecule has 37 heavy (non-hydrogen) atoms. The minimum Gasteiger partial charge on any atom is -0.347 e. The smallest absolute Gasteiger partial charge is 0.347 e. The Kier molecular flexibility index (Phi) is 7.66. The van der Waals surface area contributed by atoms with Gasteiger partial charge in [-0.05, 0) is 55.5 Å². The van der Waals surface area contributed by atoms with Crippen LogP contribution < -0.4 is 4.72 Å². The van der Waals surface area contributed by atoms with Crippen molar-refractivity contribution in [3.63, 3.8) is 0 Å². The van der Waals surface area contributed by atoms with E-state index < -0.39 is 45.5 Å². The first-order valence-electron chi connectivity index (χ1n) is 11.4. The lowest BCUT2D eigenvalue weighted by Crippen LogP contribution is -2.41. The molecule has 0 aliphatic rings. The van der Waals surface area contributed by atoms with Gasteiger partial charge in [-0.1, -0.05) is 39.0 Å². The Morgan fingerprint density at radius 2 is 1.54 bits per heavy atom. The molecule has 204 valence electrons. The molecule has 0 bridgehead atoms. The minimum absolute atomic E-state index is 0.0782. The summed E-state index contributed by atoms with van der Waals surface area (Å²) in [7, 11) is -2.06. The quantitative estimate of drug-likeness (QED) is 0.320. The normalized spacial score (nSPS) is 15.3. The highest BCUT2D eigenvalue weighted by atomic mass is 32.2. The van der Waals surface area contributed by atoms with E-state index in [1.54, 1.807) is 25.3 Å². The molecule has 1 heterocycles. The highest BCUT2D eigenvalue weighted by Gasteiger charge is 2.44. The minimum atomic E-state index is -4.84. The van der Waals surface area contributed by atoms with Gasteiger partial charge in [0.25, 0.3) is 0 Å². The van der Waals surface area contributed by atoms with Crippen molar-refractivity contribution < 1.29 is 34.9 Å². The van der Waals surface area contributed by atoms with Gasteiger partial charge in [0.15, 0.2) is 0 Å². The highest BCUT2D eigenvalue weighted by Crippen LogP contribution is 2.42. The van der Waals surface area contributed by atoms with Gasteiger partial charge in [-0.15, -0.1) is 0 Å². The van der Waals surface area contributed by atoms with Crippen molar-refractivity contribution in [2.45, 2.75) is 71.2 Å². The molecule has 3 rings (SSSR count). The van der Waals surface area contributed by atoms with Crippen molar-refractivity contribution in [3.05, 3.63) is 59.5 Å². The Morgan fingerprint density at radius 1 is 0.919 bits per heavy atom. The number of aromatic nitrogens is 1. The van der Waals surface area contributed by atoms with E-state index >= 15 is 0 Å². The van der Waals surface area contributed by atoms with Gasteiger partial charge in [0.1, 0.15) is 11.9 Å². The SMILES string of the molecule is CC(C)(C)Cn1cc([C@H](NS(=O)C(C)(C)C)C(F)(F)F)c2ccc(-c3ccc(F)cc3C(F)(F)F)cc21. The summed E-state index contributed by atoms with van der Waals surface area (Å²) in [5.74, 6) is -1.05. The Morgan fingerprint density at radius 3 is 2.05 bits per heavy atom. The van der Waals surface area contributed by atoms with Crippen molar-refractivity contribution >= 4 is 21.9 Å². The molecular formula is C26H29F7N2OS. The van der Waals surface area contributed by atoms with E-state index in [0.717, 1.165) is 12.1 Å². The first-order valence-corrected chi connectivity index (χ1v) is 12.6. The molecule has 0 aliphatic carbocycles. The molecule has 0 saturated carbocycles. The van der Waals surface area contributed by atoms with Crippen molar-refractivity contribution in [1.29, 1.82) is 0 Å². The van der Waals surface area contributed by atoms with E-state index in [-0.39, 0.29) is 39.6 Å². The molecule has 0 radical (unpaired) electrons. The van der Waals surface area contributed by atoms with Crippen molar-refractivity contribution in [1.82, 2.24) is 9.29 Å². The fourth-order valence-electron chi connectivity index (χ4n) is 3.95. The third-order valence-electron chi connectivity index (χ3n) is 5.58. The van der Waals surface area contributed by atoms with E-state index in [0.29, 0.717) is 6.07 Å². The van der Waals surface area contributed by atoms with Crippen LogP contribution in [0, 0.1) is 11.2 Å². The largest absolute Gasteiger partial charge is 0.417 e. The first kappa shape index (κ1) is 29.2. The summed E-state index contributed by atoms with van der Waals surface area (Å²) in [6.07, 6.45) is -8.34. The van der Waals surface area contributed by atoms with Gasteiger partial charge in [-0.25, -0.2) is 13.3 Å². The van der Waals surface area contributed by atoms with Crippen LogP contribution in [0.3, 0.4) is 0 Å². The maximum atomic E-state index is 14.2. The maximum absolute atomic E-state index is 14.2. The van der Waals surface area contributed by atoms with Gasteiger partial charge >= 0.3 is 12.4 Å².